The van der Waals surface area contributed by atoms with E-state index in [0.717, 1.165) is 25.9 Å². The van der Waals surface area contributed by atoms with Gasteiger partial charge in [-0.05, 0) is 78.9 Å². The van der Waals surface area contributed by atoms with Gasteiger partial charge in [0.1, 0.15) is 11.5 Å². The van der Waals surface area contributed by atoms with E-state index < -0.39 is 5.76 Å². The number of piperidine rings is 1. The van der Waals surface area contributed by atoms with Crippen LogP contribution in [-0.2, 0) is 6.67 Å². The van der Waals surface area contributed by atoms with E-state index in [9.17, 15) is 14.7 Å². The fourth-order valence-electron chi connectivity index (χ4n) is 4.60. The smallest absolute Gasteiger partial charge is 0.421 e. The van der Waals surface area contributed by atoms with Crippen molar-refractivity contribution >= 4 is 16.9 Å². The molecule has 7 heteroatoms. The van der Waals surface area contributed by atoms with Crippen LogP contribution < -0.4 is 10.5 Å². The number of carbonyl (C=O) groups is 1. The molecule has 4 aromatic rings. The Balaban J connectivity index is 1.30. The molecule has 5 rings (SSSR count). The number of aromatic hydroxyl groups is 1. The number of oxazole rings is 1. The highest BCUT2D eigenvalue weighted by molar-refractivity contribution is 6.10. The van der Waals surface area contributed by atoms with Crippen LogP contribution in [0.15, 0.2) is 75.9 Å². The molecule has 0 atom stereocenters. The monoisotopic (exact) mass is 458 g/mol. The minimum atomic E-state index is -0.426. The summed E-state index contributed by atoms with van der Waals surface area (Å²) in [5.74, 6) is 0.838. The fourth-order valence-corrected chi connectivity index (χ4v) is 4.60. The number of rotatable bonds is 6. The first-order valence-corrected chi connectivity index (χ1v) is 11.4. The van der Waals surface area contributed by atoms with Gasteiger partial charge in [0.25, 0.3) is 0 Å². The van der Waals surface area contributed by atoms with E-state index in [1.807, 2.05) is 12.1 Å². The van der Waals surface area contributed by atoms with Crippen molar-refractivity contribution in [2.45, 2.75) is 25.4 Å². The quantitative estimate of drug-likeness (QED) is 0.432. The summed E-state index contributed by atoms with van der Waals surface area (Å²) < 4.78 is 12.3. The first-order valence-electron chi connectivity index (χ1n) is 11.4. The van der Waals surface area contributed by atoms with E-state index in [1.165, 1.54) is 5.56 Å². The summed E-state index contributed by atoms with van der Waals surface area (Å²) in [7, 11) is 1.58. The predicted molar refractivity (Wildman–Crippen MR) is 129 cm³/mol. The molecule has 34 heavy (non-hydrogen) atoms. The summed E-state index contributed by atoms with van der Waals surface area (Å²) in [6.45, 7) is 2.16. The third-order valence-corrected chi connectivity index (χ3v) is 6.58. The number of phenolic OH excluding ortho intramolecular Hbond substituents is 1. The molecule has 174 valence electrons. The number of hydrogen-bond donors (Lipinski definition) is 1. The van der Waals surface area contributed by atoms with Crippen molar-refractivity contribution in [1.82, 2.24) is 9.47 Å². The normalized spacial score (nSPS) is 15.0. The number of carbonyl (C=O) groups excluding carboxylic acids is 1. The molecule has 0 saturated carbocycles. The standard InChI is InChI=1S/C27H26N2O5/c1-33-23-9-4-20(5-10-23)26(31)21-6-11-24-25(16-21)34-27(32)29(24)17-28-14-12-19(13-15-28)18-2-7-22(30)8-3-18/h2-11,16,19,30H,12-15,17H2,1H3. The van der Waals surface area contributed by atoms with Gasteiger partial charge in [-0.25, -0.2) is 4.79 Å². The second-order valence-corrected chi connectivity index (χ2v) is 8.66. The molecule has 1 aliphatic heterocycles. The average Bonchev–Trinajstić information content (AvgIpc) is 3.18. The zero-order valence-electron chi connectivity index (χ0n) is 18.9. The Bertz CT molecular complexity index is 1360. The van der Waals surface area contributed by atoms with Crippen LogP contribution in [0.4, 0.5) is 0 Å². The van der Waals surface area contributed by atoms with Crippen LogP contribution in [0, 0.1) is 0 Å². The van der Waals surface area contributed by atoms with Crippen LogP contribution in [0.2, 0.25) is 0 Å². The molecule has 1 saturated heterocycles. The van der Waals surface area contributed by atoms with Crippen molar-refractivity contribution in [3.8, 4) is 11.5 Å². The minimum absolute atomic E-state index is 0.142. The van der Waals surface area contributed by atoms with E-state index >= 15 is 0 Å². The lowest BCUT2D eigenvalue weighted by Gasteiger charge is -2.32. The SMILES string of the molecule is COc1ccc(C(=O)c2ccc3c(c2)oc(=O)n3CN2CCC(c3ccc(O)cc3)CC2)cc1. The fraction of sp³-hybridized carbons (Fsp3) is 0.259. The summed E-state index contributed by atoms with van der Waals surface area (Å²) in [4.78, 5) is 27.7. The number of hydrogen-bond acceptors (Lipinski definition) is 6. The van der Waals surface area contributed by atoms with Crippen LogP contribution in [0.5, 0.6) is 11.5 Å². The topological polar surface area (TPSA) is 84.9 Å². The maximum Gasteiger partial charge on any atom is 0.421 e. The zero-order chi connectivity index (χ0) is 23.7. The van der Waals surface area contributed by atoms with Gasteiger partial charge in [0.15, 0.2) is 11.4 Å². The largest absolute Gasteiger partial charge is 0.508 e. The molecule has 0 unspecified atom stereocenters. The highest BCUT2D eigenvalue weighted by Crippen LogP contribution is 2.29. The van der Waals surface area contributed by atoms with Gasteiger partial charge in [-0.3, -0.25) is 14.3 Å². The number of likely N-dealkylation sites (tertiary alicyclic amines) is 1. The van der Waals surface area contributed by atoms with E-state index in [-0.39, 0.29) is 11.5 Å². The molecule has 0 amide bonds. The first-order chi connectivity index (χ1) is 16.5. The van der Waals surface area contributed by atoms with Crippen LogP contribution in [0.1, 0.15) is 40.2 Å². The van der Waals surface area contributed by atoms with Gasteiger partial charge in [0, 0.05) is 24.2 Å². The van der Waals surface area contributed by atoms with Crippen LogP contribution in [0.25, 0.3) is 11.1 Å². The second-order valence-electron chi connectivity index (χ2n) is 8.66. The van der Waals surface area contributed by atoms with Crippen molar-refractivity contribution in [2.24, 2.45) is 0 Å². The number of fused-ring (bicyclic) bond motifs is 1. The van der Waals surface area contributed by atoms with Gasteiger partial charge < -0.3 is 14.3 Å². The number of benzene rings is 3. The van der Waals surface area contributed by atoms with E-state index in [1.54, 1.807) is 66.3 Å². The van der Waals surface area contributed by atoms with E-state index in [4.69, 9.17) is 9.15 Å². The minimum Gasteiger partial charge on any atom is -0.508 e. The van der Waals surface area contributed by atoms with Gasteiger partial charge >= 0.3 is 5.76 Å². The van der Waals surface area contributed by atoms with Crippen molar-refractivity contribution in [3.63, 3.8) is 0 Å². The molecule has 2 heterocycles. The molecule has 0 radical (unpaired) electrons. The lowest BCUT2D eigenvalue weighted by molar-refractivity contribution is 0.103. The predicted octanol–water partition coefficient (Wildman–Crippen LogP) is 4.38. The Labute approximate surface area is 196 Å². The number of ketones is 1. The number of nitrogens with zero attached hydrogens (tertiary/aromatic N) is 2. The molecule has 1 aromatic heterocycles. The van der Waals surface area contributed by atoms with E-state index in [2.05, 4.69) is 4.90 Å². The van der Waals surface area contributed by atoms with Crippen molar-refractivity contribution in [3.05, 3.63) is 94.0 Å². The Morgan fingerprint density at radius 3 is 2.35 bits per heavy atom. The molecule has 0 aliphatic carbocycles. The molecule has 0 spiro atoms. The summed E-state index contributed by atoms with van der Waals surface area (Å²) in [5, 5.41) is 9.51. The third-order valence-electron chi connectivity index (χ3n) is 6.58. The molecular formula is C27H26N2O5. The molecule has 1 N–H and O–H groups in total. The Morgan fingerprint density at radius 2 is 1.68 bits per heavy atom. The second kappa shape index (κ2) is 9.19. The van der Waals surface area contributed by atoms with Crippen LogP contribution >= 0.6 is 0 Å². The van der Waals surface area contributed by atoms with Gasteiger partial charge in [0.2, 0.25) is 0 Å². The Kier molecular flexibility index (Phi) is 5.94. The number of phenols is 1. The maximum absolute atomic E-state index is 12.9. The molecule has 1 fully saturated rings. The highest BCUT2D eigenvalue weighted by atomic mass is 16.5. The third kappa shape index (κ3) is 4.34. The highest BCUT2D eigenvalue weighted by Gasteiger charge is 2.22. The molecular weight excluding hydrogens is 432 g/mol. The van der Waals surface area contributed by atoms with E-state index in [0.29, 0.717) is 40.6 Å². The maximum atomic E-state index is 12.9. The molecule has 7 nitrogen and oxygen atoms in total. The van der Waals surface area contributed by atoms with Gasteiger partial charge in [-0.1, -0.05) is 12.1 Å². The lowest BCUT2D eigenvalue weighted by atomic mass is 9.89. The molecule has 1 aliphatic rings. The van der Waals surface area contributed by atoms with Crippen molar-refractivity contribution in [1.29, 1.82) is 0 Å². The van der Waals surface area contributed by atoms with Crippen molar-refractivity contribution < 1.29 is 19.1 Å². The van der Waals surface area contributed by atoms with Crippen LogP contribution in [0.3, 0.4) is 0 Å². The summed E-state index contributed by atoms with van der Waals surface area (Å²) >= 11 is 0. The van der Waals surface area contributed by atoms with Crippen LogP contribution in [-0.4, -0.2) is 40.6 Å². The molecule has 3 aromatic carbocycles. The summed E-state index contributed by atoms with van der Waals surface area (Å²) in [6, 6.07) is 19.5. The van der Waals surface area contributed by atoms with Gasteiger partial charge in [-0.15, -0.1) is 0 Å². The van der Waals surface area contributed by atoms with Gasteiger partial charge in [0.05, 0.1) is 19.3 Å². The first kappa shape index (κ1) is 22.0. The Morgan fingerprint density at radius 1 is 1.00 bits per heavy atom. The number of ether oxygens (including phenoxy) is 1. The number of methoxy groups -OCH3 is 1. The average molecular weight is 459 g/mol. The lowest BCUT2D eigenvalue weighted by Crippen LogP contribution is -2.36. The van der Waals surface area contributed by atoms with Gasteiger partial charge in [-0.2, -0.15) is 0 Å². The summed E-state index contributed by atoms with van der Waals surface area (Å²) in [6.07, 6.45) is 1.96. The zero-order valence-corrected chi connectivity index (χ0v) is 18.9. The number of aromatic nitrogens is 1. The molecule has 0 bridgehead atoms. The summed E-state index contributed by atoms with van der Waals surface area (Å²) in [5.41, 5.74) is 3.32. The Hall–Kier alpha value is -3.84. The van der Waals surface area contributed by atoms with Crippen molar-refractivity contribution in [2.75, 3.05) is 20.2 Å².